The summed E-state index contributed by atoms with van der Waals surface area (Å²) < 4.78 is 1.09. The summed E-state index contributed by atoms with van der Waals surface area (Å²) in [4.78, 5) is 33.9. The number of carbonyl (C=O) groups excluding carboxylic acids is 1. The van der Waals surface area contributed by atoms with E-state index < -0.39 is 16.5 Å². The van der Waals surface area contributed by atoms with Crippen LogP contribution in [0.4, 0.5) is 5.69 Å². The van der Waals surface area contributed by atoms with Gasteiger partial charge in [0.05, 0.1) is 15.6 Å². The van der Waals surface area contributed by atoms with E-state index in [1.54, 1.807) is 13.8 Å². The second kappa shape index (κ2) is 5.96. The van der Waals surface area contributed by atoms with Crippen LogP contribution in [0.5, 0.6) is 0 Å². The summed E-state index contributed by atoms with van der Waals surface area (Å²) in [6, 6.07) is 0.213. The third-order valence-electron chi connectivity index (χ3n) is 2.42. The second-order valence-corrected chi connectivity index (χ2v) is 5.21. The predicted molar refractivity (Wildman–Crippen MR) is 73.0 cm³/mol. The van der Waals surface area contributed by atoms with Crippen molar-refractivity contribution in [3.63, 3.8) is 0 Å². The summed E-state index contributed by atoms with van der Waals surface area (Å²) in [6.07, 6.45) is 1.07. The summed E-state index contributed by atoms with van der Waals surface area (Å²) in [5, 5.41) is 13.4. The highest BCUT2D eigenvalue weighted by Gasteiger charge is 2.21. The molecular weight excluding hydrogens is 318 g/mol. The van der Waals surface area contributed by atoms with E-state index in [1.165, 1.54) is 6.92 Å². The number of hydrogen-bond donors (Lipinski definition) is 1. The molecule has 0 saturated carbocycles. The lowest BCUT2D eigenvalue weighted by atomic mass is 10.2. The van der Waals surface area contributed by atoms with Crippen molar-refractivity contribution in [1.82, 2.24) is 9.88 Å². The standard InChI is InChI=1S/C11H14BrN3O4/c1-6(2)13-10(16)7(3)14-5-8(15(18)19)4-9(12)11(14)17/h4-7H,1-3H3,(H,13,16). The Bertz CT molecular complexity index is 568. The SMILES string of the molecule is CC(C)NC(=O)C(C)n1cc([N+](=O)[O-])cc(Br)c1=O. The highest BCUT2D eigenvalue weighted by Crippen LogP contribution is 2.16. The summed E-state index contributed by atoms with van der Waals surface area (Å²) in [6.45, 7) is 5.09. The molecule has 0 radical (unpaired) electrons. The lowest BCUT2D eigenvalue weighted by molar-refractivity contribution is -0.385. The molecule has 1 unspecified atom stereocenters. The largest absolute Gasteiger partial charge is 0.352 e. The average Bonchev–Trinajstić information content (AvgIpc) is 2.30. The molecule has 0 bridgehead atoms. The Balaban J connectivity index is 3.22. The van der Waals surface area contributed by atoms with Gasteiger partial charge >= 0.3 is 0 Å². The van der Waals surface area contributed by atoms with Crippen molar-refractivity contribution in [3.8, 4) is 0 Å². The van der Waals surface area contributed by atoms with Crippen LogP contribution in [0.15, 0.2) is 21.5 Å². The molecule has 0 saturated heterocycles. The molecule has 1 rings (SSSR count). The Labute approximate surface area is 117 Å². The molecule has 1 amide bonds. The molecule has 0 aromatic carbocycles. The van der Waals surface area contributed by atoms with Crippen molar-refractivity contribution < 1.29 is 9.72 Å². The van der Waals surface area contributed by atoms with Crippen molar-refractivity contribution in [2.24, 2.45) is 0 Å². The predicted octanol–water partition coefficient (Wildman–Crippen LogP) is 1.60. The van der Waals surface area contributed by atoms with Crippen molar-refractivity contribution in [2.45, 2.75) is 32.9 Å². The number of aromatic nitrogens is 1. The molecule has 1 aromatic heterocycles. The highest BCUT2D eigenvalue weighted by molar-refractivity contribution is 9.10. The maximum absolute atomic E-state index is 11.9. The van der Waals surface area contributed by atoms with Crippen LogP contribution in [0.25, 0.3) is 0 Å². The van der Waals surface area contributed by atoms with Crippen molar-refractivity contribution >= 4 is 27.5 Å². The Kier molecular flexibility index (Phi) is 4.82. The van der Waals surface area contributed by atoms with E-state index in [1.807, 2.05) is 0 Å². The minimum Gasteiger partial charge on any atom is -0.352 e. The molecule has 1 heterocycles. The molecule has 0 fully saturated rings. The zero-order valence-electron chi connectivity index (χ0n) is 10.7. The van der Waals surface area contributed by atoms with Gasteiger partial charge in [-0.3, -0.25) is 24.3 Å². The molecule has 1 N–H and O–H groups in total. The minimum absolute atomic E-state index is 0.0471. The van der Waals surface area contributed by atoms with Gasteiger partial charge in [0.25, 0.3) is 11.2 Å². The van der Waals surface area contributed by atoms with E-state index in [-0.39, 0.29) is 22.1 Å². The number of rotatable bonds is 4. The molecule has 0 aliphatic rings. The van der Waals surface area contributed by atoms with Gasteiger partial charge in [-0.2, -0.15) is 0 Å². The number of nitro groups is 1. The van der Waals surface area contributed by atoms with Crippen LogP contribution < -0.4 is 10.9 Å². The summed E-state index contributed by atoms with van der Waals surface area (Å²) >= 11 is 2.96. The van der Waals surface area contributed by atoms with E-state index in [0.29, 0.717) is 0 Å². The molecule has 1 aromatic rings. The lowest BCUT2D eigenvalue weighted by Crippen LogP contribution is -2.39. The van der Waals surface area contributed by atoms with E-state index >= 15 is 0 Å². The number of nitrogens with zero attached hydrogens (tertiary/aromatic N) is 2. The zero-order chi connectivity index (χ0) is 14.7. The summed E-state index contributed by atoms with van der Waals surface area (Å²) in [5.74, 6) is -0.371. The first-order valence-corrected chi connectivity index (χ1v) is 6.39. The summed E-state index contributed by atoms with van der Waals surface area (Å²) in [7, 11) is 0. The van der Waals surface area contributed by atoms with Crippen molar-refractivity contribution in [2.75, 3.05) is 0 Å². The van der Waals surface area contributed by atoms with Gasteiger partial charge in [0.1, 0.15) is 6.04 Å². The van der Waals surface area contributed by atoms with Gasteiger partial charge in [0.15, 0.2) is 0 Å². The van der Waals surface area contributed by atoms with Crippen molar-refractivity contribution in [1.29, 1.82) is 0 Å². The van der Waals surface area contributed by atoms with Crippen LogP contribution in [-0.2, 0) is 4.79 Å². The van der Waals surface area contributed by atoms with E-state index in [2.05, 4.69) is 21.2 Å². The smallest absolute Gasteiger partial charge is 0.286 e. The van der Waals surface area contributed by atoms with Gasteiger partial charge in [-0.05, 0) is 36.7 Å². The Morgan fingerprint density at radius 2 is 2.05 bits per heavy atom. The topological polar surface area (TPSA) is 94.2 Å². The van der Waals surface area contributed by atoms with Crippen LogP contribution in [0.2, 0.25) is 0 Å². The van der Waals surface area contributed by atoms with Crippen LogP contribution in [-0.4, -0.2) is 21.4 Å². The highest BCUT2D eigenvalue weighted by atomic mass is 79.9. The Morgan fingerprint density at radius 1 is 1.47 bits per heavy atom. The number of nitrogens with one attached hydrogen (secondary N) is 1. The van der Waals surface area contributed by atoms with Gasteiger partial charge in [0.2, 0.25) is 5.91 Å². The van der Waals surface area contributed by atoms with Gasteiger partial charge in [-0.1, -0.05) is 0 Å². The number of pyridine rings is 1. The van der Waals surface area contributed by atoms with Crippen LogP contribution in [0.1, 0.15) is 26.8 Å². The summed E-state index contributed by atoms with van der Waals surface area (Å²) in [5.41, 5.74) is -0.743. The molecule has 104 valence electrons. The molecule has 7 nitrogen and oxygen atoms in total. The number of hydrogen-bond acceptors (Lipinski definition) is 4. The molecule has 8 heteroatoms. The molecule has 0 aliphatic carbocycles. The first-order chi connectivity index (χ1) is 8.73. The Morgan fingerprint density at radius 3 is 2.53 bits per heavy atom. The Hall–Kier alpha value is -1.70. The van der Waals surface area contributed by atoms with Gasteiger partial charge < -0.3 is 5.32 Å². The molecule has 19 heavy (non-hydrogen) atoms. The van der Waals surface area contributed by atoms with Crippen LogP contribution in [0.3, 0.4) is 0 Å². The van der Waals surface area contributed by atoms with Gasteiger partial charge in [-0.25, -0.2) is 0 Å². The van der Waals surface area contributed by atoms with Crippen molar-refractivity contribution in [3.05, 3.63) is 37.2 Å². The molecule has 0 aliphatic heterocycles. The third kappa shape index (κ3) is 3.63. The lowest BCUT2D eigenvalue weighted by Gasteiger charge is -2.17. The first-order valence-electron chi connectivity index (χ1n) is 5.60. The zero-order valence-corrected chi connectivity index (χ0v) is 12.3. The molecule has 0 spiro atoms. The average molecular weight is 332 g/mol. The van der Waals surface area contributed by atoms with Crippen LogP contribution in [0, 0.1) is 10.1 Å². The van der Waals surface area contributed by atoms with E-state index in [0.717, 1.165) is 16.8 Å². The quantitative estimate of drug-likeness (QED) is 0.669. The fourth-order valence-corrected chi connectivity index (χ4v) is 1.91. The second-order valence-electron chi connectivity index (χ2n) is 4.36. The normalized spacial score (nSPS) is 12.3. The molecular formula is C11H14BrN3O4. The number of halogens is 1. The fourth-order valence-electron chi connectivity index (χ4n) is 1.47. The van der Waals surface area contributed by atoms with Crippen LogP contribution >= 0.6 is 15.9 Å². The third-order valence-corrected chi connectivity index (χ3v) is 2.99. The first kappa shape index (κ1) is 15.4. The van der Waals surface area contributed by atoms with E-state index in [9.17, 15) is 19.7 Å². The van der Waals surface area contributed by atoms with E-state index in [4.69, 9.17) is 0 Å². The number of carbonyl (C=O) groups is 1. The monoisotopic (exact) mass is 331 g/mol. The minimum atomic E-state index is -0.828. The molecule has 1 atom stereocenters. The number of amides is 1. The van der Waals surface area contributed by atoms with Gasteiger partial charge in [0, 0.05) is 12.1 Å². The van der Waals surface area contributed by atoms with Gasteiger partial charge in [-0.15, -0.1) is 0 Å². The maximum atomic E-state index is 11.9. The maximum Gasteiger partial charge on any atom is 0.286 e. The fraction of sp³-hybridized carbons (Fsp3) is 0.455.